The molecular weight excluding hydrogens is 336 g/mol. The van der Waals surface area contributed by atoms with E-state index in [0.29, 0.717) is 6.42 Å². The Balaban J connectivity index is 1.64. The Kier molecular flexibility index (Phi) is 5.30. The Morgan fingerprint density at radius 1 is 1.48 bits per heavy atom. The first kappa shape index (κ1) is 17.8. The molecule has 11 heteroatoms. The summed E-state index contributed by atoms with van der Waals surface area (Å²) >= 11 is 0. The number of nitrogens with one attached hydrogen (secondary N) is 2. The molecule has 1 aromatic heterocycles. The minimum atomic E-state index is -1.40. The van der Waals surface area contributed by atoms with Crippen LogP contribution in [0.25, 0.3) is 0 Å². The number of carbonyl (C=O) groups is 1. The largest absolute Gasteiger partial charge is 0.462 e. The van der Waals surface area contributed by atoms with E-state index in [0.717, 1.165) is 17.5 Å². The van der Waals surface area contributed by atoms with Crippen LogP contribution in [0, 0.1) is 0 Å². The minimum Gasteiger partial charge on any atom is -0.462 e. The van der Waals surface area contributed by atoms with Gasteiger partial charge in [-0.2, -0.15) is 4.98 Å². The predicted octanol–water partition coefficient (Wildman–Crippen LogP) is -2.04. The smallest absolute Gasteiger partial charge is 0.351 e. The molecule has 11 nitrogen and oxygen atoms in total. The summed E-state index contributed by atoms with van der Waals surface area (Å²) in [6, 6.07) is 0.924. The molecule has 0 amide bonds. The number of aromatic nitrogens is 2. The lowest BCUT2D eigenvalue weighted by atomic mass is 10.1. The van der Waals surface area contributed by atoms with Gasteiger partial charge in [0.2, 0.25) is 0 Å². The first-order valence-corrected chi connectivity index (χ1v) is 7.92. The molecule has 0 aromatic carbocycles. The van der Waals surface area contributed by atoms with Crippen molar-refractivity contribution >= 4 is 11.8 Å². The Morgan fingerprint density at radius 3 is 2.92 bits per heavy atom. The molecule has 3 heterocycles. The van der Waals surface area contributed by atoms with Gasteiger partial charge < -0.3 is 25.0 Å². The van der Waals surface area contributed by atoms with E-state index in [1.807, 2.05) is 0 Å². The summed E-state index contributed by atoms with van der Waals surface area (Å²) in [5, 5.41) is 31.9. The summed E-state index contributed by atoms with van der Waals surface area (Å²) in [7, 11) is 0. The maximum Gasteiger partial charge on any atom is 0.351 e. The molecular formula is C14H20N4O7. The average Bonchev–Trinajstić information content (AvgIpc) is 3.24. The molecule has 25 heavy (non-hydrogen) atoms. The summed E-state index contributed by atoms with van der Waals surface area (Å²) in [5.41, 5.74) is 0.944. The van der Waals surface area contributed by atoms with E-state index in [4.69, 9.17) is 14.7 Å². The highest BCUT2D eigenvalue weighted by molar-refractivity contribution is 5.76. The number of hydrogen-bond donors (Lipinski definition) is 5. The van der Waals surface area contributed by atoms with E-state index in [1.54, 1.807) is 5.48 Å². The second kappa shape index (κ2) is 7.45. The fourth-order valence-electron chi connectivity index (χ4n) is 2.92. The van der Waals surface area contributed by atoms with Crippen molar-refractivity contribution in [2.24, 2.45) is 0 Å². The fourth-order valence-corrected chi connectivity index (χ4v) is 2.92. The van der Waals surface area contributed by atoms with Crippen LogP contribution in [0.3, 0.4) is 0 Å². The van der Waals surface area contributed by atoms with E-state index in [2.05, 4.69) is 10.3 Å². The monoisotopic (exact) mass is 356 g/mol. The van der Waals surface area contributed by atoms with Crippen LogP contribution in [0.15, 0.2) is 17.1 Å². The van der Waals surface area contributed by atoms with Gasteiger partial charge in [0.15, 0.2) is 12.0 Å². The fraction of sp³-hybridized carbons (Fsp3) is 0.643. The number of aliphatic hydroxyl groups is 2. The molecule has 1 aromatic rings. The number of esters is 1. The quantitative estimate of drug-likeness (QED) is 0.294. The second-order valence-electron chi connectivity index (χ2n) is 5.94. The molecule has 0 bridgehead atoms. The van der Waals surface area contributed by atoms with Crippen LogP contribution in [0.2, 0.25) is 0 Å². The number of anilines is 1. The van der Waals surface area contributed by atoms with Crippen LogP contribution < -0.4 is 16.5 Å². The van der Waals surface area contributed by atoms with Crippen molar-refractivity contribution in [2.75, 3.05) is 18.6 Å². The average molecular weight is 356 g/mol. The summed E-state index contributed by atoms with van der Waals surface area (Å²) in [6.45, 7) is 0.502. The van der Waals surface area contributed by atoms with Crippen molar-refractivity contribution < 1.29 is 29.7 Å². The molecule has 0 unspecified atom stereocenters. The maximum atomic E-state index is 11.9. The molecule has 138 valence electrons. The Bertz CT molecular complexity index is 675. The van der Waals surface area contributed by atoms with Gasteiger partial charge in [0, 0.05) is 6.20 Å². The third-order valence-electron chi connectivity index (χ3n) is 4.29. The first-order valence-electron chi connectivity index (χ1n) is 7.92. The standard InChI is InChI=1S/C14H20N4O7/c19-10-8(6-24-13(21)7-2-1-4-15-7)25-12(11(10)20)18-5-3-9(17-23)16-14(18)22/h3,5,7-8,10-12,15,19-20,23H,1-2,4,6H2,(H,16,17,22)/t7-,8-,10-,11-,12-/m1/s1. The van der Waals surface area contributed by atoms with Crippen LogP contribution >= 0.6 is 0 Å². The van der Waals surface area contributed by atoms with Crippen molar-refractivity contribution in [3.05, 3.63) is 22.7 Å². The molecule has 0 radical (unpaired) electrons. The third-order valence-corrected chi connectivity index (χ3v) is 4.29. The molecule has 0 saturated carbocycles. The minimum absolute atomic E-state index is 0.0659. The van der Waals surface area contributed by atoms with Crippen LogP contribution in [-0.2, 0) is 14.3 Å². The van der Waals surface area contributed by atoms with E-state index < -0.39 is 36.2 Å². The lowest BCUT2D eigenvalue weighted by Gasteiger charge is -2.17. The number of rotatable bonds is 5. The normalized spacial score (nSPS) is 31.9. The van der Waals surface area contributed by atoms with Crippen molar-refractivity contribution in [1.82, 2.24) is 14.9 Å². The van der Waals surface area contributed by atoms with E-state index in [-0.39, 0.29) is 18.5 Å². The van der Waals surface area contributed by atoms with E-state index in [1.165, 1.54) is 12.3 Å². The number of carbonyl (C=O) groups excluding carboxylic acids is 1. The van der Waals surface area contributed by atoms with Crippen LogP contribution in [0.1, 0.15) is 19.1 Å². The number of nitrogens with zero attached hydrogens (tertiary/aromatic N) is 2. The Labute approximate surface area is 142 Å². The zero-order valence-corrected chi connectivity index (χ0v) is 13.2. The molecule has 2 saturated heterocycles. The van der Waals surface area contributed by atoms with Gasteiger partial charge in [-0.1, -0.05) is 0 Å². The number of hydrogen-bond acceptors (Lipinski definition) is 10. The molecule has 3 rings (SSSR count). The van der Waals surface area contributed by atoms with Gasteiger partial charge in [0.05, 0.1) is 0 Å². The highest BCUT2D eigenvalue weighted by Gasteiger charge is 2.45. The summed E-state index contributed by atoms with van der Waals surface area (Å²) < 4.78 is 11.6. The molecule has 2 fully saturated rings. The van der Waals surface area contributed by atoms with E-state index in [9.17, 15) is 19.8 Å². The van der Waals surface area contributed by atoms with Crippen molar-refractivity contribution in [1.29, 1.82) is 0 Å². The van der Waals surface area contributed by atoms with Gasteiger partial charge >= 0.3 is 11.7 Å². The Hall–Kier alpha value is -2.05. The van der Waals surface area contributed by atoms with Gasteiger partial charge in [0.1, 0.15) is 31.0 Å². The molecule has 5 atom stereocenters. The van der Waals surface area contributed by atoms with Crippen LogP contribution in [-0.4, -0.2) is 68.4 Å². The maximum absolute atomic E-state index is 11.9. The second-order valence-corrected chi connectivity index (χ2v) is 5.94. The number of aliphatic hydroxyl groups excluding tert-OH is 2. The molecule has 2 aliphatic rings. The van der Waals surface area contributed by atoms with Gasteiger partial charge in [-0.25, -0.2) is 4.79 Å². The Morgan fingerprint density at radius 2 is 2.28 bits per heavy atom. The van der Waals surface area contributed by atoms with E-state index >= 15 is 0 Å². The van der Waals surface area contributed by atoms with Crippen molar-refractivity contribution in [2.45, 2.75) is 43.4 Å². The molecule has 0 aliphatic carbocycles. The predicted molar refractivity (Wildman–Crippen MR) is 81.8 cm³/mol. The van der Waals surface area contributed by atoms with Gasteiger partial charge in [-0.3, -0.25) is 20.0 Å². The summed E-state index contributed by atoms with van der Waals surface area (Å²) in [5.74, 6) is -0.507. The summed E-state index contributed by atoms with van der Waals surface area (Å²) in [4.78, 5) is 27.3. The first-order chi connectivity index (χ1) is 12.0. The SMILES string of the molecule is O=C(OC[C@H]1O[C@@H](n2ccc(NO)nc2=O)[C@H](O)[C@@H]1O)[C@H]1CCCN1. The van der Waals surface area contributed by atoms with Crippen LogP contribution in [0.4, 0.5) is 5.82 Å². The van der Waals surface area contributed by atoms with Crippen molar-refractivity contribution in [3.63, 3.8) is 0 Å². The zero-order valence-electron chi connectivity index (χ0n) is 13.2. The highest BCUT2D eigenvalue weighted by atomic mass is 16.6. The topological polar surface area (TPSA) is 155 Å². The summed E-state index contributed by atoms with van der Waals surface area (Å²) in [6.07, 6.45) is -2.07. The van der Waals surface area contributed by atoms with Gasteiger partial charge in [-0.05, 0) is 25.5 Å². The lowest BCUT2D eigenvalue weighted by molar-refractivity contribution is -0.152. The van der Waals surface area contributed by atoms with Crippen LogP contribution in [0.5, 0.6) is 0 Å². The van der Waals surface area contributed by atoms with Gasteiger partial charge in [-0.15, -0.1) is 0 Å². The molecule has 0 spiro atoms. The molecule has 2 aliphatic heterocycles. The van der Waals surface area contributed by atoms with Crippen molar-refractivity contribution in [3.8, 4) is 0 Å². The van der Waals surface area contributed by atoms with Gasteiger partial charge in [0.25, 0.3) is 0 Å². The lowest BCUT2D eigenvalue weighted by Crippen LogP contribution is -2.38. The molecule has 5 N–H and O–H groups in total. The zero-order chi connectivity index (χ0) is 18.0. The number of ether oxygens (including phenoxy) is 2. The highest BCUT2D eigenvalue weighted by Crippen LogP contribution is 2.28. The third kappa shape index (κ3) is 3.65.